The van der Waals surface area contributed by atoms with Gasteiger partial charge in [-0.2, -0.15) is 22.7 Å². The summed E-state index contributed by atoms with van der Waals surface area (Å²) in [6.45, 7) is 0. The van der Waals surface area contributed by atoms with Crippen molar-refractivity contribution in [1.29, 1.82) is 0 Å². The molecule has 0 bridgehead atoms. The molecule has 0 radical (unpaired) electrons. The van der Waals surface area contributed by atoms with Gasteiger partial charge in [-0.3, -0.25) is 0 Å². The standard InChI is InChI=1S/C11H7F3N4OS/c1-20-10-16-9-15-8(11(12,13)14)5-6(18(9)17-10)7-3-2-4-19-7/h2-5H,1H3. The van der Waals surface area contributed by atoms with Crippen LogP contribution in [0.3, 0.4) is 0 Å². The Morgan fingerprint density at radius 2 is 2.10 bits per heavy atom. The predicted molar refractivity (Wildman–Crippen MR) is 65.3 cm³/mol. The summed E-state index contributed by atoms with van der Waals surface area (Å²) in [7, 11) is 0. The molecule has 0 N–H and O–H groups in total. The molecular weight excluding hydrogens is 293 g/mol. The van der Waals surface area contributed by atoms with Crippen molar-refractivity contribution in [2.75, 3.05) is 6.26 Å². The van der Waals surface area contributed by atoms with Gasteiger partial charge in [0.1, 0.15) is 5.69 Å². The molecule has 0 amide bonds. The molecule has 0 fully saturated rings. The quantitative estimate of drug-likeness (QED) is 0.681. The molecule has 20 heavy (non-hydrogen) atoms. The van der Waals surface area contributed by atoms with Crippen LogP contribution in [-0.2, 0) is 6.18 Å². The van der Waals surface area contributed by atoms with E-state index in [0.29, 0.717) is 5.16 Å². The van der Waals surface area contributed by atoms with Crippen molar-refractivity contribution in [1.82, 2.24) is 19.6 Å². The summed E-state index contributed by atoms with van der Waals surface area (Å²) in [6, 6.07) is 4.03. The van der Waals surface area contributed by atoms with Crippen LogP contribution in [0.15, 0.2) is 34.0 Å². The first-order valence-corrected chi connectivity index (χ1v) is 6.64. The van der Waals surface area contributed by atoms with Crippen molar-refractivity contribution in [2.45, 2.75) is 11.3 Å². The lowest BCUT2D eigenvalue weighted by Gasteiger charge is -2.07. The van der Waals surface area contributed by atoms with E-state index in [1.165, 1.54) is 22.5 Å². The van der Waals surface area contributed by atoms with Crippen LogP contribution in [0.4, 0.5) is 13.2 Å². The Morgan fingerprint density at radius 3 is 2.70 bits per heavy atom. The first kappa shape index (κ1) is 13.0. The monoisotopic (exact) mass is 300 g/mol. The number of halogens is 3. The molecular formula is C11H7F3N4OS. The molecule has 5 nitrogen and oxygen atoms in total. The fraction of sp³-hybridized carbons (Fsp3) is 0.182. The molecule has 9 heteroatoms. The number of aromatic nitrogens is 4. The predicted octanol–water partition coefficient (Wildman–Crippen LogP) is 3.13. The second-order valence-corrected chi connectivity index (χ2v) is 4.59. The molecule has 0 aromatic carbocycles. The Hall–Kier alpha value is -2.03. The number of hydrogen-bond donors (Lipinski definition) is 0. The van der Waals surface area contributed by atoms with E-state index in [-0.39, 0.29) is 17.2 Å². The smallest absolute Gasteiger partial charge is 0.433 e. The van der Waals surface area contributed by atoms with Gasteiger partial charge in [-0.05, 0) is 24.5 Å². The molecule has 0 aliphatic carbocycles. The van der Waals surface area contributed by atoms with Gasteiger partial charge in [-0.25, -0.2) is 4.98 Å². The number of fused-ring (bicyclic) bond motifs is 1. The molecule has 0 aliphatic heterocycles. The van der Waals surface area contributed by atoms with E-state index >= 15 is 0 Å². The normalized spacial score (nSPS) is 12.2. The highest BCUT2D eigenvalue weighted by atomic mass is 32.2. The second kappa shape index (κ2) is 4.51. The first-order chi connectivity index (χ1) is 9.49. The maximum atomic E-state index is 12.9. The molecule has 3 aromatic heterocycles. The lowest BCUT2D eigenvalue weighted by molar-refractivity contribution is -0.141. The Morgan fingerprint density at radius 1 is 1.30 bits per heavy atom. The number of nitrogens with zero attached hydrogens (tertiary/aromatic N) is 4. The van der Waals surface area contributed by atoms with Gasteiger partial charge >= 0.3 is 6.18 Å². The molecule has 0 saturated carbocycles. The highest BCUT2D eigenvalue weighted by molar-refractivity contribution is 7.98. The average molecular weight is 300 g/mol. The fourth-order valence-electron chi connectivity index (χ4n) is 1.68. The average Bonchev–Trinajstić information content (AvgIpc) is 3.05. The SMILES string of the molecule is CSc1nc2nc(C(F)(F)F)cc(-c3ccco3)n2n1. The Bertz CT molecular complexity index is 751. The van der Waals surface area contributed by atoms with Crippen molar-refractivity contribution in [2.24, 2.45) is 0 Å². The van der Waals surface area contributed by atoms with E-state index in [9.17, 15) is 13.2 Å². The van der Waals surface area contributed by atoms with Crippen molar-refractivity contribution < 1.29 is 17.6 Å². The van der Waals surface area contributed by atoms with Crippen LogP contribution in [0.2, 0.25) is 0 Å². The minimum Gasteiger partial charge on any atom is -0.463 e. The Kier molecular flexibility index (Phi) is 2.93. The van der Waals surface area contributed by atoms with Crippen molar-refractivity contribution in [3.8, 4) is 11.5 Å². The van der Waals surface area contributed by atoms with Crippen LogP contribution in [-0.4, -0.2) is 25.8 Å². The van der Waals surface area contributed by atoms with Gasteiger partial charge < -0.3 is 4.42 Å². The van der Waals surface area contributed by atoms with E-state index in [1.54, 1.807) is 18.4 Å². The van der Waals surface area contributed by atoms with Crippen LogP contribution in [0.25, 0.3) is 17.2 Å². The minimum absolute atomic E-state index is 0.115. The molecule has 0 unspecified atom stereocenters. The van der Waals surface area contributed by atoms with Gasteiger partial charge in [0.05, 0.1) is 6.26 Å². The van der Waals surface area contributed by atoms with E-state index in [4.69, 9.17) is 4.42 Å². The summed E-state index contributed by atoms with van der Waals surface area (Å²) in [5.41, 5.74) is -0.878. The lowest BCUT2D eigenvalue weighted by atomic mass is 10.2. The highest BCUT2D eigenvalue weighted by Crippen LogP contribution is 2.31. The molecule has 3 heterocycles. The fourth-order valence-corrected chi connectivity index (χ4v) is 2.02. The minimum atomic E-state index is -4.56. The third-order valence-corrected chi connectivity index (χ3v) is 3.08. The van der Waals surface area contributed by atoms with E-state index in [2.05, 4.69) is 15.1 Å². The zero-order valence-electron chi connectivity index (χ0n) is 10.0. The van der Waals surface area contributed by atoms with Gasteiger partial charge in [-0.1, -0.05) is 11.8 Å². The lowest BCUT2D eigenvalue weighted by Crippen LogP contribution is -2.10. The Balaban J connectivity index is 2.32. The van der Waals surface area contributed by atoms with E-state index in [1.807, 2.05) is 0 Å². The molecule has 0 spiro atoms. The molecule has 0 atom stereocenters. The van der Waals surface area contributed by atoms with Crippen LogP contribution < -0.4 is 0 Å². The molecule has 0 aliphatic rings. The summed E-state index contributed by atoms with van der Waals surface area (Å²) in [5, 5.41) is 4.43. The summed E-state index contributed by atoms with van der Waals surface area (Å²) >= 11 is 1.22. The molecule has 104 valence electrons. The van der Waals surface area contributed by atoms with Crippen molar-refractivity contribution in [3.05, 3.63) is 30.2 Å². The van der Waals surface area contributed by atoms with Gasteiger partial charge in [0, 0.05) is 0 Å². The molecule has 3 rings (SSSR count). The van der Waals surface area contributed by atoms with E-state index < -0.39 is 11.9 Å². The summed E-state index contributed by atoms with van der Waals surface area (Å²) in [4.78, 5) is 7.43. The van der Waals surface area contributed by atoms with Crippen LogP contribution in [0.5, 0.6) is 0 Å². The zero-order valence-corrected chi connectivity index (χ0v) is 10.9. The maximum Gasteiger partial charge on any atom is 0.433 e. The third-order valence-electron chi connectivity index (χ3n) is 2.54. The first-order valence-electron chi connectivity index (χ1n) is 5.42. The van der Waals surface area contributed by atoms with Crippen LogP contribution in [0.1, 0.15) is 5.69 Å². The maximum absolute atomic E-state index is 12.9. The van der Waals surface area contributed by atoms with Crippen molar-refractivity contribution >= 4 is 17.5 Å². The number of rotatable bonds is 2. The zero-order chi connectivity index (χ0) is 14.3. The Labute approximate surface area is 114 Å². The topological polar surface area (TPSA) is 56.2 Å². The number of alkyl halides is 3. The highest BCUT2D eigenvalue weighted by Gasteiger charge is 2.34. The summed E-state index contributed by atoms with van der Waals surface area (Å²) < 4.78 is 45.0. The van der Waals surface area contributed by atoms with Gasteiger partial charge in [0.2, 0.25) is 5.16 Å². The molecule has 0 saturated heterocycles. The van der Waals surface area contributed by atoms with Gasteiger partial charge in [0.15, 0.2) is 11.5 Å². The number of furan rings is 1. The molecule has 3 aromatic rings. The van der Waals surface area contributed by atoms with Crippen LogP contribution >= 0.6 is 11.8 Å². The largest absolute Gasteiger partial charge is 0.463 e. The summed E-state index contributed by atoms with van der Waals surface area (Å²) in [5.74, 6) is 0.149. The van der Waals surface area contributed by atoms with Gasteiger partial charge in [0.25, 0.3) is 5.78 Å². The van der Waals surface area contributed by atoms with E-state index in [0.717, 1.165) is 6.07 Å². The van der Waals surface area contributed by atoms with Crippen LogP contribution in [0, 0.1) is 0 Å². The van der Waals surface area contributed by atoms with Crippen molar-refractivity contribution in [3.63, 3.8) is 0 Å². The number of thioether (sulfide) groups is 1. The van der Waals surface area contributed by atoms with Gasteiger partial charge in [-0.15, -0.1) is 5.10 Å². The summed E-state index contributed by atoms with van der Waals surface area (Å²) in [6.07, 6.45) is -1.46. The third kappa shape index (κ3) is 2.13. The number of hydrogen-bond acceptors (Lipinski definition) is 5. The second-order valence-electron chi connectivity index (χ2n) is 3.81.